The van der Waals surface area contributed by atoms with Crippen LogP contribution >= 0.6 is 0 Å². The van der Waals surface area contributed by atoms with Gasteiger partial charge >= 0.3 is 5.63 Å². The third kappa shape index (κ3) is 4.38. The van der Waals surface area contributed by atoms with Crippen LogP contribution in [0, 0.1) is 13.8 Å². The Labute approximate surface area is 178 Å². The Balaban J connectivity index is 1.59. The number of benzene rings is 3. The number of para-hydroxylation sites is 1. The number of hydrogen-bond donors (Lipinski definition) is 2. The standard InChI is InChI=1S/C25H20N2O4/c1-15-6-5-7-17(12-15)24(29)27-21-9-4-3-8-20(21)25(30)26-18-10-11-19-16(2)13-23(28)31-22(19)14-18/h3-14H,1-2H3,(H,26,30)(H,27,29). The second kappa shape index (κ2) is 8.28. The minimum absolute atomic E-state index is 0.299. The van der Waals surface area contributed by atoms with Gasteiger partial charge in [-0.2, -0.15) is 0 Å². The van der Waals surface area contributed by atoms with E-state index in [0.717, 1.165) is 16.5 Å². The summed E-state index contributed by atoms with van der Waals surface area (Å²) in [6.45, 7) is 3.73. The average Bonchev–Trinajstić information content (AvgIpc) is 2.73. The van der Waals surface area contributed by atoms with Crippen LogP contribution in [0.4, 0.5) is 11.4 Å². The lowest BCUT2D eigenvalue weighted by molar-refractivity contribution is 0.102. The van der Waals surface area contributed by atoms with Crippen molar-refractivity contribution in [1.82, 2.24) is 0 Å². The maximum absolute atomic E-state index is 12.9. The first-order chi connectivity index (χ1) is 14.9. The van der Waals surface area contributed by atoms with Crippen LogP contribution in [0.1, 0.15) is 31.8 Å². The van der Waals surface area contributed by atoms with Crippen LogP contribution in [0.15, 0.2) is 82.0 Å². The molecule has 0 unspecified atom stereocenters. The van der Waals surface area contributed by atoms with Crippen molar-refractivity contribution in [1.29, 1.82) is 0 Å². The molecule has 3 aromatic carbocycles. The molecule has 154 valence electrons. The van der Waals surface area contributed by atoms with Crippen LogP contribution in [0.25, 0.3) is 11.0 Å². The zero-order valence-corrected chi connectivity index (χ0v) is 17.1. The van der Waals surface area contributed by atoms with Crippen molar-refractivity contribution in [3.63, 3.8) is 0 Å². The molecular weight excluding hydrogens is 392 g/mol. The van der Waals surface area contributed by atoms with E-state index in [4.69, 9.17) is 4.42 Å². The summed E-state index contributed by atoms with van der Waals surface area (Å²) in [4.78, 5) is 37.2. The average molecular weight is 412 g/mol. The fourth-order valence-corrected chi connectivity index (χ4v) is 3.37. The Morgan fingerprint density at radius 1 is 0.806 bits per heavy atom. The van der Waals surface area contributed by atoms with E-state index in [0.29, 0.717) is 28.1 Å². The Bertz CT molecular complexity index is 1370. The number of nitrogens with one attached hydrogen (secondary N) is 2. The fourth-order valence-electron chi connectivity index (χ4n) is 3.37. The van der Waals surface area contributed by atoms with E-state index in [1.165, 1.54) is 6.07 Å². The van der Waals surface area contributed by atoms with Crippen LogP contribution < -0.4 is 16.3 Å². The number of rotatable bonds is 4. The van der Waals surface area contributed by atoms with Crippen molar-refractivity contribution >= 4 is 34.2 Å². The SMILES string of the molecule is Cc1cccc(C(=O)Nc2ccccc2C(=O)Nc2ccc3c(C)cc(=O)oc3c2)c1. The van der Waals surface area contributed by atoms with Crippen molar-refractivity contribution in [3.05, 3.63) is 105 Å². The number of amides is 2. The van der Waals surface area contributed by atoms with Gasteiger partial charge in [0.15, 0.2) is 0 Å². The number of hydrogen-bond acceptors (Lipinski definition) is 4. The normalized spacial score (nSPS) is 10.6. The van der Waals surface area contributed by atoms with E-state index in [9.17, 15) is 14.4 Å². The van der Waals surface area contributed by atoms with Gasteiger partial charge < -0.3 is 15.1 Å². The molecule has 0 aliphatic heterocycles. The quantitative estimate of drug-likeness (QED) is 0.466. The minimum atomic E-state index is -0.447. The highest BCUT2D eigenvalue weighted by molar-refractivity contribution is 6.12. The van der Waals surface area contributed by atoms with Gasteiger partial charge in [-0.05, 0) is 55.8 Å². The van der Waals surface area contributed by atoms with Crippen molar-refractivity contribution in [3.8, 4) is 0 Å². The Morgan fingerprint density at radius 3 is 2.42 bits per heavy atom. The predicted molar refractivity (Wildman–Crippen MR) is 121 cm³/mol. The van der Waals surface area contributed by atoms with Crippen molar-refractivity contribution < 1.29 is 14.0 Å². The number of carbonyl (C=O) groups is 2. The van der Waals surface area contributed by atoms with Gasteiger partial charge in [0, 0.05) is 28.8 Å². The number of carbonyl (C=O) groups excluding carboxylic acids is 2. The molecule has 1 aromatic heterocycles. The Morgan fingerprint density at radius 2 is 1.61 bits per heavy atom. The van der Waals surface area contributed by atoms with Crippen LogP contribution in [-0.2, 0) is 0 Å². The van der Waals surface area contributed by atoms with Crippen molar-refractivity contribution in [2.75, 3.05) is 10.6 Å². The summed E-state index contributed by atoms with van der Waals surface area (Å²) >= 11 is 0. The van der Waals surface area contributed by atoms with Crippen molar-refractivity contribution in [2.24, 2.45) is 0 Å². The van der Waals surface area contributed by atoms with Gasteiger partial charge in [0.2, 0.25) is 0 Å². The van der Waals surface area contributed by atoms with Gasteiger partial charge in [-0.15, -0.1) is 0 Å². The fraction of sp³-hybridized carbons (Fsp3) is 0.0800. The highest BCUT2D eigenvalue weighted by Crippen LogP contribution is 2.23. The van der Waals surface area contributed by atoms with Crippen molar-refractivity contribution in [2.45, 2.75) is 13.8 Å². The monoisotopic (exact) mass is 412 g/mol. The molecule has 6 nitrogen and oxygen atoms in total. The molecule has 0 fully saturated rings. The summed E-state index contributed by atoms with van der Waals surface area (Å²) in [6.07, 6.45) is 0. The molecule has 6 heteroatoms. The first-order valence-electron chi connectivity index (χ1n) is 9.73. The van der Waals surface area contributed by atoms with Crippen LogP contribution in [-0.4, -0.2) is 11.8 Å². The van der Waals surface area contributed by atoms with E-state index in [-0.39, 0.29) is 5.91 Å². The molecule has 31 heavy (non-hydrogen) atoms. The first-order valence-corrected chi connectivity index (χ1v) is 9.73. The van der Waals surface area contributed by atoms with Gasteiger partial charge in [-0.1, -0.05) is 29.8 Å². The largest absolute Gasteiger partial charge is 0.423 e. The van der Waals surface area contributed by atoms with Gasteiger partial charge in [-0.3, -0.25) is 9.59 Å². The first kappa shape index (κ1) is 20.1. The number of fused-ring (bicyclic) bond motifs is 1. The summed E-state index contributed by atoms with van der Waals surface area (Å²) in [5, 5.41) is 6.40. The third-order valence-electron chi connectivity index (χ3n) is 4.91. The third-order valence-corrected chi connectivity index (χ3v) is 4.91. The van der Waals surface area contributed by atoms with Gasteiger partial charge in [0.05, 0.1) is 11.3 Å². The molecule has 0 radical (unpaired) electrons. The molecule has 0 aliphatic carbocycles. The smallest absolute Gasteiger partial charge is 0.336 e. The Kier molecular flexibility index (Phi) is 5.37. The molecular formula is C25H20N2O4. The minimum Gasteiger partial charge on any atom is -0.423 e. The van der Waals surface area contributed by atoms with E-state index < -0.39 is 11.5 Å². The molecule has 2 amide bonds. The van der Waals surface area contributed by atoms with Gasteiger partial charge in [0.25, 0.3) is 11.8 Å². The van der Waals surface area contributed by atoms with E-state index in [1.807, 2.05) is 26.0 Å². The molecule has 1 heterocycles. The summed E-state index contributed by atoms with van der Waals surface area (Å²) < 4.78 is 5.24. The van der Waals surface area contributed by atoms with E-state index >= 15 is 0 Å². The lowest BCUT2D eigenvalue weighted by atomic mass is 10.1. The summed E-state index contributed by atoms with van der Waals surface area (Å²) in [7, 11) is 0. The maximum atomic E-state index is 12.9. The van der Waals surface area contributed by atoms with Gasteiger partial charge in [-0.25, -0.2) is 4.79 Å². The molecule has 4 aromatic rings. The lowest BCUT2D eigenvalue weighted by Gasteiger charge is -2.12. The van der Waals surface area contributed by atoms with Gasteiger partial charge in [0.1, 0.15) is 5.58 Å². The number of anilines is 2. The summed E-state index contributed by atoms with van der Waals surface area (Å²) in [5.41, 5.74) is 3.41. The maximum Gasteiger partial charge on any atom is 0.336 e. The molecule has 0 aliphatic rings. The number of aryl methyl sites for hydroxylation is 2. The molecule has 0 spiro atoms. The zero-order valence-electron chi connectivity index (χ0n) is 17.1. The van der Waals surface area contributed by atoms with Crippen LogP contribution in [0.5, 0.6) is 0 Å². The molecule has 0 atom stereocenters. The van der Waals surface area contributed by atoms with Crippen LogP contribution in [0.2, 0.25) is 0 Å². The lowest BCUT2D eigenvalue weighted by Crippen LogP contribution is -2.18. The molecule has 0 saturated carbocycles. The second-order valence-corrected chi connectivity index (χ2v) is 7.28. The summed E-state index contributed by atoms with van der Waals surface area (Å²) in [6, 6.07) is 20.5. The second-order valence-electron chi connectivity index (χ2n) is 7.28. The summed E-state index contributed by atoms with van der Waals surface area (Å²) in [5.74, 6) is -0.693. The topological polar surface area (TPSA) is 88.4 Å². The molecule has 0 saturated heterocycles. The van der Waals surface area contributed by atoms with E-state index in [2.05, 4.69) is 10.6 Å². The molecule has 2 N–H and O–H groups in total. The zero-order chi connectivity index (χ0) is 22.0. The highest BCUT2D eigenvalue weighted by atomic mass is 16.4. The highest BCUT2D eigenvalue weighted by Gasteiger charge is 2.15. The Hall–Kier alpha value is -4.19. The molecule has 4 rings (SSSR count). The predicted octanol–water partition coefficient (Wildman–Crippen LogP) is 4.91. The van der Waals surface area contributed by atoms with Crippen LogP contribution in [0.3, 0.4) is 0 Å². The van der Waals surface area contributed by atoms with E-state index in [1.54, 1.807) is 54.6 Å². The molecule has 0 bridgehead atoms.